The van der Waals surface area contributed by atoms with Gasteiger partial charge in [-0.1, -0.05) is 47.6 Å². The molecule has 31 heavy (non-hydrogen) atoms. The first-order valence-electron chi connectivity index (χ1n) is 9.49. The van der Waals surface area contributed by atoms with Crippen LogP contribution < -0.4 is 9.62 Å². The van der Waals surface area contributed by atoms with Crippen molar-refractivity contribution in [2.75, 3.05) is 21.9 Å². The first-order valence-corrected chi connectivity index (χ1v) is 12.3. The largest absolute Gasteiger partial charge is 0.325 e. The minimum atomic E-state index is -3.74. The third kappa shape index (κ3) is 4.13. The van der Waals surface area contributed by atoms with Crippen molar-refractivity contribution in [3.05, 3.63) is 59.2 Å². The van der Waals surface area contributed by atoms with Crippen molar-refractivity contribution in [3.63, 3.8) is 0 Å². The van der Waals surface area contributed by atoms with E-state index in [0.717, 1.165) is 22.9 Å². The number of nitrogens with one attached hydrogen (secondary N) is 1. The maximum Gasteiger partial charge on any atom is 0.268 e. The van der Waals surface area contributed by atoms with Crippen LogP contribution in [0.1, 0.15) is 12.5 Å². The van der Waals surface area contributed by atoms with E-state index in [9.17, 15) is 13.2 Å². The van der Waals surface area contributed by atoms with Crippen molar-refractivity contribution < 1.29 is 13.2 Å². The van der Waals surface area contributed by atoms with Gasteiger partial charge >= 0.3 is 0 Å². The van der Waals surface area contributed by atoms with E-state index in [1.807, 2.05) is 25.1 Å². The Bertz CT molecular complexity index is 1280. The Morgan fingerprint density at radius 1 is 1.23 bits per heavy atom. The van der Waals surface area contributed by atoms with Crippen molar-refractivity contribution in [1.29, 1.82) is 0 Å². The molecule has 3 aromatic rings. The van der Waals surface area contributed by atoms with Crippen molar-refractivity contribution in [3.8, 4) is 11.3 Å². The molecule has 0 aliphatic carbocycles. The lowest BCUT2D eigenvalue weighted by Gasteiger charge is -2.30. The molecule has 0 bridgehead atoms. The predicted molar refractivity (Wildman–Crippen MR) is 123 cm³/mol. The maximum atomic E-state index is 13.0. The van der Waals surface area contributed by atoms with E-state index in [0.29, 0.717) is 33.8 Å². The highest BCUT2D eigenvalue weighted by atomic mass is 35.5. The zero-order valence-corrected chi connectivity index (χ0v) is 19.2. The number of benzene rings is 2. The normalized spacial score (nSPS) is 14.0. The number of hydrogen-bond donors (Lipinski definition) is 1. The molecule has 0 saturated heterocycles. The summed E-state index contributed by atoms with van der Waals surface area (Å²) in [5, 5.41) is 3.68. The monoisotopic (exact) mass is 474 g/mol. The van der Waals surface area contributed by atoms with Gasteiger partial charge in [0.05, 0.1) is 23.3 Å². The minimum absolute atomic E-state index is 0.0661. The van der Waals surface area contributed by atoms with Crippen LogP contribution in [0.2, 0.25) is 5.02 Å². The van der Waals surface area contributed by atoms with Gasteiger partial charge in [0.2, 0.25) is 5.91 Å². The topological polar surface area (TPSA) is 92.3 Å². The number of carbonyl (C=O) groups excluding carboxylic acids is 1. The van der Waals surface area contributed by atoms with Gasteiger partial charge in [-0.3, -0.25) is 9.10 Å². The Kier molecular flexibility index (Phi) is 5.92. The summed E-state index contributed by atoms with van der Waals surface area (Å²) in [7, 11) is -3.74. The van der Waals surface area contributed by atoms with Crippen molar-refractivity contribution in [2.24, 2.45) is 0 Å². The third-order valence-corrected chi connectivity index (χ3v) is 7.81. The zero-order valence-electron chi connectivity index (χ0n) is 16.8. The van der Waals surface area contributed by atoms with E-state index >= 15 is 0 Å². The first-order chi connectivity index (χ1) is 14.8. The molecule has 10 heteroatoms. The fraction of sp³-hybridized carbons (Fsp3) is 0.190. The Labute approximate surface area is 189 Å². The van der Waals surface area contributed by atoms with E-state index in [4.69, 9.17) is 11.6 Å². The van der Waals surface area contributed by atoms with Crippen LogP contribution in [0.25, 0.3) is 11.3 Å². The van der Waals surface area contributed by atoms with Crippen LogP contribution in [-0.4, -0.2) is 36.6 Å². The van der Waals surface area contributed by atoms with E-state index in [1.165, 1.54) is 10.5 Å². The van der Waals surface area contributed by atoms with Crippen LogP contribution in [0.4, 0.5) is 11.4 Å². The van der Waals surface area contributed by atoms with E-state index < -0.39 is 10.0 Å². The lowest BCUT2D eigenvalue weighted by atomic mass is 10.1. The van der Waals surface area contributed by atoms with E-state index in [-0.39, 0.29) is 16.6 Å². The highest BCUT2D eigenvalue weighted by Gasteiger charge is 2.35. The van der Waals surface area contributed by atoms with Gasteiger partial charge < -0.3 is 5.32 Å². The molecule has 1 aliphatic rings. The molecule has 1 aliphatic heterocycles. The summed E-state index contributed by atoms with van der Waals surface area (Å²) in [5.41, 5.74) is 3.20. The lowest BCUT2D eigenvalue weighted by molar-refractivity contribution is -0.113. The summed E-state index contributed by atoms with van der Waals surface area (Å²) in [6.07, 6.45) is 1.32. The third-order valence-electron chi connectivity index (χ3n) is 4.82. The molecule has 2 heterocycles. The summed E-state index contributed by atoms with van der Waals surface area (Å²) in [5.74, 6) is -0.165. The Balaban J connectivity index is 1.58. The number of aryl methyl sites for hydroxylation is 1. The number of anilines is 2. The summed E-state index contributed by atoms with van der Waals surface area (Å²) >= 11 is 7.13. The summed E-state index contributed by atoms with van der Waals surface area (Å²) in [6.45, 7) is 3.96. The van der Waals surface area contributed by atoms with Gasteiger partial charge in [0.25, 0.3) is 10.0 Å². The Morgan fingerprint density at radius 3 is 2.77 bits per heavy atom. The average Bonchev–Trinajstić information content (AvgIpc) is 2.75. The lowest BCUT2D eigenvalue weighted by Crippen LogP contribution is -2.34. The number of hydrogen-bond acceptors (Lipinski definition) is 6. The summed E-state index contributed by atoms with van der Waals surface area (Å²) in [4.78, 5) is 21.1. The SMILES string of the molecule is CCN1c2ccccc2-c2nc(SCC(=O)Nc3cc(Cl)ccc3C)ncc2S1(=O)=O. The van der Waals surface area contributed by atoms with Gasteiger partial charge in [0, 0.05) is 22.8 Å². The van der Waals surface area contributed by atoms with Crippen LogP contribution in [-0.2, 0) is 14.8 Å². The summed E-state index contributed by atoms with van der Waals surface area (Å²) in [6, 6.07) is 12.5. The maximum absolute atomic E-state index is 13.0. The van der Waals surface area contributed by atoms with Crippen LogP contribution in [0.3, 0.4) is 0 Å². The second-order valence-electron chi connectivity index (χ2n) is 6.85. The second kappa shape index (κ2) is 8.49. The number of para-hydroxylation sites is 1. The number of thioether (sulfide) groups is 1. The van der Waals surface area contributed by atoms with Gasteiger partial charge in [-0.2, -0.15) is 0 Å². The molecule has 0 fully saturated rings. The molecule has 2 aromatic carbocycles. The first kappa shape index (κ1) is 21.6. The minimum Gasteiger partial charge on any atom is -0.325 e. The Morgan fingerprint density at radius 2 is 2.00 bits per heavy atom. The fourth-order valence-corrected chi connectivity index (χ4v) is 5.70. The molecule has 4 rings (SSSR count). The molecule has 0 radical (unpaired) electrons. The molecule has 7 nitrogen and oxygen atoms in total. The van der Waals surface area contributed by atoms with Crippen LogP contribution >= 0.6 is 23.4 Å². The fourth-order valence-electron chi connectivity index (χ4n) is 3.33. The van der Waals surface area contributed by atoms with Crippen LogP contribution in [0.5, 0.6) is 0 Å². The van der Waals surface area contributed by atoms with Gasteiger partial charge in [-0.15, -0.1) is 0 Å². The summed E-state index contributed by atoms with van der Waals surface area (Å²) < 4.78 is 27.4. The predicted octanol–water partition coefficient (Wildman–Crippen LogP) is 4.36. The zero-order chi connectivity index (χ0) is 22.2. The molecule has 0 atom stereocenters. The second-order valence-corrected chi connectivity index (χ2v) is 10.1. The van der Waals surface area contributed by atoms with Gasteiger partial charge in [0.15, 0.2) is 5.16 Å². The number of halogens is 1. The molecule has 1 aromatic heterocycles. The Hall–Kier alpha value is -2.62. The van der Waals surface area contributed by atoms with E-state index in [1.54, 1.807) is 31.2 Å². The van der Waals surface area contributed by atoms with Gasteiger partial charge in [-0.05, 0) is 37.6 Å². The van der Waals surface area contributed by atoms with Crippen LogP contribution in [0, 0.1) is 6.92 Å². The van der Waals surface area contributed by atoms with Crippen LogP contribution in [0.15, 0.2) is 58.7 Å². The smallest absolute Gasteiger partial charge is 0.268 e. The quantitative estimate of drug-likeness (QED) is 0.436. The van der Waals surface area contributed by atoms with Crippen molar-refractivity contribution >= 4 is 50.7 Å². The average molecular weight is 475 g/mol. The molecular formula is C21H19ClN4O3S2. The molecule has 0 spiro atoms. The van der Waals surface area contributed by atoms with E-state index in [2.05, 4.69) is 15.3 Å². The molecule has 0 unspecified atom stereocenters. The van der Waals surface area contributed by atoms with Crippen molar-refractivity contribution in [2.45, 2.75) is 23.9 Å². The number of rotatable bonds is 5. The number of fused-ring (bicyclic) bond motifs is 3. The number of carbonyl (C=O) groups is 1. The molecule has 160 valence electrons. The molecule has 0 saturated carbocycles. The standard InChI is InChI=1S/C21H19ClN4O3S2/c1-3-26-17-7-5-4-6-15(17)20-18(31(26,28)29)11-23-21(25-20)30-12-19(27)24-16-10-14(22)9-8-13(16)2/h4-11H,3,12H2,1-2H3,(H,24,27). The molecule has 1 amide bonds. The number of sulfonamides is 1. The number of nitrogens with zero attached hydrogens (tertiary/aromatic N) is 3. The van der Waals surface area contributed by atoms with Gasteiger partial charge in [0.1, 0.15) is 4.90 Å². The molecule has 1 N–H and O–H groups in total. The molecular weight excluding hydrogens is 456 g/mol. The van der Waals surface area contributed by atoms with Crippen molar-refractivity contribution in [1.82, 2.24) is 9.97 Å². The van der Waals surface area contributed by atoms with Gasteiger partial charge in [-0.25, -0.2) is 18.4 Å². The highest BCUT2D eigenvalue weighted by Crippen LogP contribution is 2.41. The highest BCUT2D eigenvalue weighted by molar-refractivity contribution is 7.99. The number of aromatic nitrogens is 2. The number of amides is 1.